The lowest BCUT2D eigenvalue weighted by molar-refractivity contribution is -0.147. The van der Waals surface area contributed by atoms with Gasteiger partial charge in [-0.15, -0.1) is 0 Å². The van der Waals surface area contributed by atoms with Crippen molar-refractivity contribution in [3.05, 3.63) is 65.2 Å². The Labute approximate surface area is 230 Å². The molecule has 8 heteroatoms. The van der Waals surface area contributed by atoms with Gasteiger partial charge in [0.2, 0.25) is 17.7 Å². The van der Waals surface area contributed by atoms with E-state index in [2.05, 4.69) is 10.6 Å². The molecule has 0 saturated carbocycles. The normalized spacial score (nSPS) is 29.8. The molecule has 1 spiro atoms. The molecule has 3 aliphatic rings. The van der Waals surface area contributed by atoms with E-state index in [0.29, 0.717) is 31.5 Å². The zero-order chi connectivity index (χ0) is 27.9. The summed E-state index contributed by atoms with van der Waals surface area (Å²) in [6.07, 6.45) is 2.21. The molecule has 8 nitrogen and oxygen atoms in total. The summed E-state index contributed by atoms with van der Waals surface area (Å²) in [5.41, 5.74) is 1.49. The van der Waals surface area contributed by atoms with E-state index in [1.165, 1.54) is 4.90 Å². The van der Waals surface area contributed by atoms with Gasteiger partial charge in [0.15, 0.2) is 0 Å². The van der Waals surface area contributed by atoms with Crippen molar-refractivity contribution in [1.29, 1.82) is 0 Å². The van der Waals surface area contributed by atoms with Gasteiger partial charge in [-0.1, -0.05) is 55.5 Å². The highest BCUT2D eigenvalue weighted by Gasteiger charge is 2.78. The highest BCUT2D eigenvalue weighted by molar-refractivity contribution is 6.04. The summed E-state index contributed by atoms with van der Waals surface area (Å²) in [4.78, 5) is 43.6. The summed E-state index contributed by atoms with van der Waals surface area (Å²) in [6, 6.07) is 13.8. The van der Waals surface area contributed by atoms with Crippen molar-refractivity contribution in [2.75, 3.05) is 18.5 Å². The number of nitrogens with zero attached hydrogens (tertiary/aromatic N) is 1. The highest BCUT2D eigenvalue weighted by atomic mass is 16.5. The Balaban J connectivity index is 1.58. The highest BCUT2D eigenvalue weighted by Crippen LogP contribution is 2.63. The first-order valence-corrected chi connectivity index (χ1v) is 14.0. The minimum atomic E-state index is -1.15. The number of hydrogen-bond donors (Lipinski definition) is 3. The molecule has 208 valence electrons. The number of benzene rings is 2. The average Bonchev–Trinajstić information content (AvgIpc) is 3.49. The zero-order valence-electron chi connectivity index (χ0n) is 23.2. The lowest BCUT2D eigenvalue weighted by Crippen LogP contribution is -2.57. The standard InChI is InChI=1S/C31H39N3O5/c1-5-16-32-27(36)23-24-29(38)34(22(18-35)17-21-12-7-6-8-13-21)26(31(24)15-14-30(23,4)39-31)28(37)33-25-19(2)10-9-11-20(25)3/h6-13,22-24,26,35H,5,14-18H2,1-4H3,(H,32,36)(H,33,37)/t22-,23-,24+,26?,30+,31?/m1/s1. The van der Waals surface area contributed by atoms with Crippen LogP contribution in [0.15, 0.2) is 48.5 Å². The SMILES string of the molecule is CCCNC(=O)[C@H]1[C@H]2C(=O)N([C@@H](CO)Cc3ccccc3)C(C(=O)Nc3c(C)cccc3C)C23CC[C@]1(C)O3. The maximum absolute atomic E-state index is 14.4. The number of ether oxygens (including phenoxy) is 1. The molecular weight excluding hydrogens is 494 g/mol. The third-order valence-electron chi connectivity index (χ3n) is 8.94. The van der Waals surface area contributed by atoms with Crippen molar-refractivity contribution in [2.24, 2.45) is 11.8 Å². The predicted molar refractivity (Wildman–Crippen MR) is 148 cm³/mol. The fourth-order valence-electron chi connectivity index (χ4n) is 7.16. The van der Waals surface area contributed by atoms with Crippen LogP contribution in [0.3, 0.4) is 0 Å². The number of aliphatic hydroxyl groups is 1. The lowest BCUT2D eigenvalue weighted by atomic mass is 9.66. The Morgan fingerprint density at radius 3 is 2.41 bits per heavy atom. The van der Waals surface area contributed by atoms with E-state index in [0.717, 1.165) is 23.1 Å². The number of anilines is 1. The van der Waals surface area contributed by atoms with E-state index >= 15 is 0 Å². The molecule has 2 aromatic carbocycles. The van der Waals surface area contributed by atoms with E-state index in [1.54, 1.807) is 0 Å². The smallest absolute Gasteiger partial charge is 0.250 e. The quantitative estimate of drug-likeness (QED) is 0.459. The van der Waals surface area contributed by atoms with Crippen LogP contribution in [0.4, 0.5) is 5.69 Å². The minimum absolute atomic E-state index is 0.210. The molecule has 2 aromatic rings. The number of fused-ring (bicyclic) bond motifs is 1. The molecule has 5 rings (SSSR count). The number of aryl methyl sites for hydroxylation is 2. The Hall–Kier alpha value is -3.23. The van der Waals surface area contributed by atoms with Gasteiger partial charge in [0, 0.05) is 12.2 Å². The van der Waals surface area contributed by atoms with E-state index in [1.807, 2.05) is 76.2 Å². The van der Waals surface area contributed by atoms with Gasteiger partial charge in [-0.2, -0.15) is 0 Å². The second-order valence-electron chi connectivity index (χ2n) is 11.5. The van der Waals surface area contributed by atoms with Gasteiger partial charge in [-0.25, -0.2) is 0 Å². The fourth-order valence-corrected chi connectivity index (χ4v) is 7.16. The monoisotopic (exact) mass is 533 g/mol. The summed E-state index contributed by atoms with van der Waals surface area (Å²) >= 11 is 0. The maximum Gasteiger partial charge on any atom is 0.250 e. The van der Waals surface area contributed by atoms with Crippen LogP contribution >= 0.6 is 0 Å². The Morgan fingerprint density at radius 2 is 1.77 bits per heavy atom. The number of rotatable bonds is 9. The van der Waals surface area contributed by atoms with Gasteiger partial charge in [-0.3, -0.25) is 14.4 Å². The van der Waals surface area contributed by atoms with Crippen LogP contribution in [0.5, 0.6) is 0 Å². The molecule has 2 unspecified atom stereocenters. The van der Waals surface area contributed by atoms with Crippen molar-refractivity contribution in [3.63, 3.8) is 0 Å². The van der Waals surface area contributed by atoms with E-state index in [-0.39, 0.29) is 24.3 Å². The summed E-state index contributed by atoms with van der Waals surface area (Å²) in [5, 5.41) is 16.6. The number of carbonyl (C=O) groups excluding carboxylic acids is 3. The molecule has 0 aliphatic carbocycles. The molecule has 3 saturated heterocycles. The van der Waals surface area contributed by atoms with Crippen LogP contribution in [-0.2, 0) is 25.5 Å². The zero-order valence-corrected chi connectivity index (χ0v) is 23.2. The topological polar surface area (TPSA) is 108 Å². The molecule has 0 radical (unpaired) electrons. The summed E-state index contributed by atoms with van der Waals surface area (Å²) < 4.78 is 6.70. The van der Waals surface area contributed by atoms with E-state index in [9.17, 15) is 19.5 Å². The molecular formula is C31H39N3O5. The van der Waals surface area contributed by atoms with Gasteiger partial charge in [0.1, 0.15) is 11.6 Å². The molecule has 39 heavy (non-hydrogen) atoms. The second kappa shape index (κ2) is 10.4. The van der Waals surface area contributed by atoms with Crippen molar-refractivity contribution < 1.29 is 24.2 Å². The largest absolute Gasteiger partial charge is 0.394 e. The predicted octanol–water partition coefficient (Wildman–Crippen LogP) is 3.14. The number of aliphatic hydroxyl groups excluding tert-OH is 1. The third kappa shape index (κ3) is 4.43. The first kappa shape index (κ1) is 27.3. The van der Waals surface area contributed by atoms with Gasteiger partial charge in [-0.05, 0) is 63.1 Å². The van der Waals surface area contributed by atoms with Gasteiger partial charge in [0.25, 0.3) is 0 Å². The Bertz CT molecular complexity index is 1250. The van der Waals surface area contributed by atoms with Crippen molar-refractivity contribution >= 4 is 23.4 Å². The van der Waals surface area contributed by atoms with Crippen LogP contribution in [0.1, 0.15) is 49.8 Å². The lowest BCUT2D eigenvalue weighted by Gasteiger charge is -2.37. The molecule has 3 heterocycles. The van der Waals surface area contributed by atoms with Crippen molar-refractivity contribution in [2.45, 2.75) is 76.7 Å². The number of carbonyl (C=O) groups is 3. The first-order chi connectivity index (χ1) is 18.7. The summed E-state index contributed by atoms with van der Waals surface area (Å²) in [5.74, 6) is -2.37. The van der Waals surface area contributed by atoms with Crippen molar-refractivity contribution in [3.8, 4) is 0 Å². The summed E-state index contributed by atoms with van der Waals surface area (Å²) in [7, 11) is 0. The van der Waals surface area contributed by atoms with Gasteiger partial charge in [0.05, 0.1) is 30.1 Å². The minimum Gasteiger partial charge on any atom is -0.394 e. The number of para-hydroxylation sites is 1. The van der Waals surface area contributed by atoms with Gasteiger partial charge >= 0.3 is 0 Å². The Kier molecular flexibility index (Phi) is 7.29. The molecule has 3 N–H and O–H groups in total. The van der Waals surface area contributed by atoms with Crippen LogP contribution in [0.25, 0.3) is 0 Å². The van der Waals surface area contributed by atoms with E-state index < -0.39 is 35.1 Å². The molecule has 3 amide bonds. The van der Waals surface area contributed by atoms with Crippen LogP contribution in [-0.4, -0.2) is 64.2 Å². The van der Waals surface area contributed by atoms with Crippen LogP contribution in [0.2, 0.25) is 0 Å². The van der Waals surface area contributed by atoms with E-state index in [4.69, 9.17) is 4.74 Å². The number of amides is 3. The maximum atomic E-state index is 14.4. The van der Waals surface area contributed by atoms with Gasteiger partial charge < -0.3 is 25.4 Å². The Morgan fingerprint density at radius 1 is 1.08 bits per heavy atom. The first-order valence-electron chi connectivity index (χ1n) is 14.0. The fraction of sp³-hybridized carbons (Fsp3) is 0.516. The summed E-state index contributed by atoms with van der Waals surface area (Å²) in [6.45, 7) is 7.92. The number of likely N-dealkylation sites (tertiary alicyclic amines) is 1. The number of nitrogens with one attached hydrogen (secondary N) is 2. The number of hydrogen-bond acceptors (Lipinski definition) is 5. The molecule has 3 fully saturated rings. The van der Waals surface area contributed by atoms with Crippen LogP contribution in [0, 0.1) is 25.7 Å². The van der Waals surface area contributed by atoms with Crippen LogP contribution < -0.4 is 10.6 Å². The molecule has 6 atom stereocenters. The second-order valence-corrected chi connectivity index (χ2v) is 11.5. The average molecular weight is 534 g/mol. The molecule has 2 bridgehead atoms. The molecule has 0 aromatic heterocycles. The third-order valence-corrected chi connectivity index (χ3v) is 8.94. The van der Waals surface area contributed by atoms with Crippen molar-refractivity contribution in [1.82, 2.24) is 10.2 Å². The molecule has 3 aliphatic heterocycles.